The van der Waals surface area contributed by atoms with Crippen LogP contribution in [0.5, 0.6) is 5.75 Å². The van der Waals surface area contributed by atoms with Crippen LogP contribution < -0.4 is 15.4 Å². The van der Waals surface area contributed by atoms with E-state index in [4.69, 9.17) is 10.5 Å². The molecule has 2 aromatic rings. The first kappa shape index (κ1) is 22.9. The zero-order chi connectivity index (χ0) is 23.9. The van der Waals surface area contributed by atoms with Gasteiger partial charge in [-0.05, 0) is 73.9 Å². The molecule has 2 amide bonds. The summed E-state index contributed by atoms with van der Waals surface area (Å²) in [7, 11) is -3.61. The Balaban J connectivity index is 1.29. The van der Waals surface area contributed by atoms with Gasteiger partial charge in [-0.25, -0.2) is 8.42 Å². The molecule has 1 saturated heterocycles. The molecule has 34 heavy (non-hydrogen) atoms. The molecule has 3 aliphatic rings. The highest BCUT2D eigenvalue weighted by atomic mass is 32.2. The molecule has 0 spiro atoms. The van der Waals surface area contributed by atoms with E-state index in [0.29, 0.717) is 29.2 Å². The van der Waals surface area contributed by atoms with E-state index in [1.807, 2.05) is 12.1 Å². The van der Waals surface area contributed by atoms with Crippen molar-refractivity contribution in [1.82, 2.24) is 4.31 Å². The van der Waals surface area contributed by atoms with E-state index in [2.05, 4.69) is 0 Å². The minimum Gasteiger partial charge on any atom is -0.477 e. The molecule has 1 aliphatic carbocycles. The average Bonchev–Trinajstić information content (AvgIpc) is 2.87. The summed E-state index contributed by atoms with van der Waals surface area (Å²) in [6, 6.07) is 12.6. The summed E-state index contributed by atoms with van der Waals surface area (Å²) in [5.41, 5.74) is 8.44. The molecular weight excluding hydrogens is 454 g/mol. The van der Waals surface area contributed by atoms with Gasteiger partial charge in [0.15, 0.2) is 6.10 Å². The monoisotopic (exact) mass is 483 g/mol. The molecule has 0 aromatic heterocycles. The van der Waals surface area contributed by atoms with Gasteiger partial charge in [0, 0.05) is 19.0 Å². The number of benzene rings is 2. The molecule has 8 nitrogen and oxygen atoms in total. The van der Waals surface area contributed by atoms with Crippen LogP contribution in [0, 0.1) is 5.92 Å². The normalized spacial score (nSPS) is 21.3. The maximum atomic E-state index is 13.4. The summed E-state index contributed by atoms with van der Waals surface area (Å²) in [4.78, 5) is 27.1. The maximum absolute atomic E-state index is 13.4. The van der Waals surface area contributed by atoms with Crippen molar-refractivity contribution in [3.8, 4) is 5.75 Å². The number of amides is 2. The largest absolute Gasteiger partial charge is 0.477 e. The van der Waals surface area contributed by atoms with Gasteiger partial charge in [-0.15, -0.1) is 0 Å². The number of nitrogens with zero attached hydrogens (tertiary/aromatic N) is 2. The smallest absolute Gasteiger partial charge is 0.260 e. The first-order chi connectivity index (χ1) is 16.3. The highest BCUT2D eigenvalue weighted by Gasteiger charge is 2.38. The average molecular weight is 484 g/mol. The van der Waals surface area contributed by atoms with Gasteiger partial charge in [0.1, 0.15) is 5.75 Å². The van der Waals surface area contributed by atoms with Crippen molar-refractivity contribution in [1.29, 1.82) is 0 Å². The van der Waals surface area contributed by atoms with Crippen molar-refractivity contribution in [3.63, 3.8) is 0 Å². The van der Waals surface area contributed by atoms with Crippen LogP contribution in [-0.4, -0.2) is 50.3 Å². The number of nitrogens with two attached hydrogens (primary N) is 1. The number of aryl methyl sites for hydroxylation is 2. The van der Waals surface area contributed by atoms with E-state index in [-0.39, 0.29) is 31.5 Å². The summed E-state index contributed by atoms with van der Waals surface area (Å²) >= 11 is 0. The summed E-state index contributed by atoms with van der Waals surface area (Å²) in [5.74, 6) is -0.654. The van der Waals surface area contributed by atoms with Crippen LogP contribution in [-0.2, 0) is 32.5 Å². The van der Waals surface area contributed by atoms with E-state index >= 15 is 0 Å². The van der Waals surface area contributed by atoms with Crippen molar-refractivity contribution < 1.29 is 22.7 Å². The van der Waals surface area contributed by atoms with E-state index in [1.54, 1.807) is 35.2 Å². The second-order valence-corrected chi connectivity index (χ2v) is 11.2. The molecule has 2 heterocycles. The highest BCUT2D eigenvalue weighted by molar-refractivity contribution is 7.89. The van der Waals surface area contributed by atoms with E-state index < -0.39 is 22.0 Å². The standard InChI is InChI=1S/C25H29N3O5S/c26-24(29)23-16-28(21-7-3-4-8-22(21)33-23)25(30)18-11-13-27(14-12-18)34(31,32)20-10-9-17-5-1-2-6-19(17)15-20/h3-4,7-10,15,18,23H,1-2,5-6,11-14,16H2,(H2,26,29)/t23-/m0/s1. The zero-order valence-corrected chi connectivity index (χ0v) is 19.8. The fourth-order valence-corrected chi connectivity index (χ4v) is 6.69. The Morgan fingerprint density at radius 2 is 1.68 bits per heavy atom. The molecule has 1 atom stereocenters. The lowest BCUT2D eigenvalue weighted by molar-refractivity contribution is -0.126. The molecule has 9 heteroatoms. The molecule has 180 valence electrons. The number of carbonyl (C=O) groups excluding carboxylic acids is 2. The number of ether oxygens (including phenoxy) is 1. The number of primary amides is 1. The molecule has 2 N–H and O–H groups in total. The van der Waals surface area contributed by atoms with Crippen LogP contribution in [0.15, 0.2) is 47.4 Å². The van der Waals surface area contributed by atoms with E-state index in [0.717, 1.165) is 31.2 Å². The van der Waals surface area contributed by atoms with Crippen LogP contribution in [0.2, 0.25) is 0 Å². The fourth-order valence-electron chi connectivity index (χ4n) is 5.17. The van der Waals surface area contributed by atoms with E-state index in [9.17, 15) is 18.0 Å². The third-order valence-electron chi connectivity index (χ3n) is 7.12. The Labute approximate surface area is 199 Å². The Bertz CT molecular complexity index is 1220. The number of fused-ring (bicyclic) bond motifs is 2. The van der Waals surface area contributed by atoms with Gasteiger partial charge in [0.05, 0.1) is 17.1 Å². The third kappa shape index (κ3) is 4.18. The summed E-state index contributed by atoms with van der Waals surface area (Å²) < 4.78 is 33.7. The van der Waals surface area contributed by atoms with Crippen molar-refractivity contribution >= 4 is 27.5 Å². The number of para-hydroxylation sites is 2. The Morgan fingerprint density at radius 3 is 2.41 bits per heavy atom. The minimum absolute atomic E-state index is 0.0544. The lowest BCUT2D eigenvalue weighted by Crippen LogP contribution is -2.52. The van der Waals surface area contributed by atoms with Gasteiger partial charge in [0.2, 0.25) is 15.9 Å². The highest BCUT2D eigenvalue weighted by Crippen LogP contribution is 2.36. The number of hydrogen-bond acceptors (Lipinski definition) is 5. The van der Waals surface area contributed by atoms with Gasteiger partial charge < -0.3 is 15.4 Å². The number of anilines is 1. The number of sulfonamides is 1. The molecule has 0 bridgehead atoms. The molecule has 1 fully saturated rings. The quantitative estimate of drug-likeness (QED) is 0.717. The van der Waals surface area contributed by atoms with Crippen LogP contribution >= 0.6 is 0 Å². The number of piperidine rings is 1. The first-order valence-corrected chi connectivity index (χ1v) is 13.3. The Morgan fingerprint density at radius 1 is 0.971 bits per heavy atom. The zero-order valence-electron chi connectivity index (χ0n) is 19.0. The lowest BCUT2D eigenvalue weighted by Gasteiger charge is -2.37. The molecule has 0 radical (unpaired) electrons. The second-order valence-electron chi connectivity index (χ2n) is 9.24. The molecule has 0 saturated carbocycles. The lowest BCUT2D eigenvalue weighted by atomic mass is 9.92. The first-order valence-electron chi connectivity index (χ1n) is 11.8. The minimum atomic E-state index is -3.61. The number of rotatable bonds is 4. The number of carbonyl (C=O) groups is 2. The maximum Gasteiger partial charge on any atom is 0.260 e. The van der Waals surface area contributed by atoms with Gasteiger partial charge in [-0.2, -0.15) is 4.31 Å². The molecule has 0 unspecified atom stereocenters. The van der Waals surface area contributed by atoms with Crippen LogP contribution in [0.4, 0.5) is 5.69 Å². The predicted molar refractivity (Wildman–Crippen MR) is 127 cm³/mol. The van der Waals surface area contributed by atoms with Crippen molar-refractivity contribution in [2.24, 2.45) is 11.7 Å². The van der Waals surface area contributed by atoms with Crippen molar-refractivity contribution in [2.75, 3.05) is 24.5 Å². The van der Waals surface area contributed by atoms with Crippen LogP contribution in [0.25, 0.3) is 0 Å². The molecule has 2 aliphatic heterocycles. The Kier molecular flexibility index (Phi) is 6.07. The third-order valence-corrected chi connectivity index (χ3v) is 9.01. The van der Waals surface area contributed by atoms with Gasteiger partial charge >= 0.3 is 0 Å². The van der Waals surface area contributed by atoms with Gasteiger partial charge in [-0.3, -0.25) is 9.59 Å². The second kappa shape index (κ2) is 9.03. The molecule has 5 rings (SSSR count). The van der Waals surface area contributed by atoms with Crippen molar-refractivity contribution in [3.05, 3.63) is 53.6 Å². The van der Waals surface area contributed by atoms with Crippen LogP contribution in [0.1, 0.15) is 36.8 Å². The summed E-state index contributed by atoms with van der Waals surface area (Å²) in [6.45, 7) is 0.612. The van der Waals surface area contributed by atoms with Crippen LogP contribution in [0.3, 0.4) is 0 Å². The van der Waals surface area contributed by atoms with Crippen molar-refractivity contribution in [2.45, 2.75) is 49.5 Å². The molecule has 2 aromatic carbocycles. The number of hydrogen-bond donors (Lipinski definition) is 1. The topological polar surface area (TPSA) is 110 Å². The molecular formula is C25H29N3O5S. The Hall–Kier alpha value is -2.91. The summed E-state index contributed by atoms with van der Waals surface area (Å²) in [5, 5.41) is 0. The predicted octanol–water partition coefficient (Wildman–Crippen LogP) is 2.25. The summed E-state index contributed by atoms with van der Waals surface area (Å²) in [6.07, 6.45) is 4.09. The van der Waals surface area contributed by atoms with E-state index in [1.165, 1.54) is 9.87 Å². The van der Waals surface area contributed by atoms with Gasteiger partial charge in [0.25, 0.3) is 5.91 Å². The SMILES string of the molecule is NC(=O)[C@@H]1CN(C(=O)C2CCN(S(=O)(=O)c3ccc4c(c3)CCCC4)CC2)c2ccccc2O1. The van der Waals surface area contributed by atoms with Gasteiger partial charge in [-0.1, -0.05) is 18.2 Å². The fraction of sp³-hybridized carbons (Fsp3) is 0.440.